The van der Waals surface area contributed by atoms with Gasteiger partial charge in [-0.1, -0.05) is 89.9 Å². The lowest BCUT2D eigenvalue weighted by atomic mass is 10.2. The Balaban J connectivity index is 0.000000432. The number of allylic oxidation sites excluding steroid dienone is 2. The quantitative estimate of drug-likeness (QED) is 0.139. The average Bonchev–Trinajstić information content (AvgIpc) is 2.99. The Kier molecular flexibility index (Phi) is 15.4. The number of aryl methyl sites for hydroxylation is 2. The number of nitrogens with one attached hydrogen (secondary N) is 1. The van der Waals surface area contributed by atoms with E-state index < -0.39 is 0 Å². The van der Waals surface area contributed by atoms with Crippen LogP contribution in [0.25, 0.3) is 0 Å². The van der Waals surface area contributed by atoms with Crippen LogP contribution in [0.2, 0.25) is 15.1 Å². The van der Waals surface area contributed by atoms with Gasteiger partial charge in [-0.25, -0.2) is 0 Å². The lowest BCUT2D eigenvalue weighted by Crippen LogP contribution is -2.17. The standard InChI is InChI=1S/C26H27ClN2O2.C7H6Cl2O.C3H6/c1-18-14-24(15-25(27)26(18)30-17-22-8-6-5-7-9-22)31-23-12-10-21(11-13-23)16-29-20(3)19(2)28-4;1-4-2-5(8)7(10)6(9)3-4;1-3-2/h5-15,29H,3,16-17H2,1-2,4H3;2-3,10H,1H3;3H,1H2,2H3. The fourth-order valence-corrected chi connectivity index (χ4v) is 4.55. The summed E-state index contributed by atoms with van der Waals surface area (Å²) in [5.41, 5.74) is 5.79. The van der Waals surface area contributed by atoms with Crippen LogP contribution in [-0.4, -0.2) is 17.9 Å². The zero-order chi connectivity index (χ0) is 32.6. The number of benzene rings is 4. The maximum Gasteiger partial charge on any atom is 0.152 e. The second kappa shape index (κ2) is 18.7. The van der Waals surface area contributed by atoms with Crippen molar-refractivity contribution in [3.05, 3.63) is 141 Å². The van der Waals surface area contributed by atoms with Gasteiger partial charge >= 0.3 is 0 Å². The first-order valence-corrected chi connectivity index (χ1v) is 14.9. The van der Waals surface area contributed by atoms with Crippen molar-refractivity contribution >= 4 is 40.5 Å². The Morgan fingerprint density at radius 3 is 2.02 bits per heavy atom. The van der Waals surface area contributed by atoms with E-state index in [9.17, 15) is 0 Å². The molecule has 5 nitrogen and oxygen atoms in total. The molecule has 0 heterocycles. The van der Waals surface area contributed by atoms with Crippen molar-refractivity contribution in [3.63, 3.8) is 0 Å². The van der Waals surface area contributed by atoms with E-state index in [0.717, 1.165) is 39.4 Å². The zero-order valence-electron chi connectivity index (χ0n) is 25.8. The molecule has 0 aliphatic carbocycles. The molecule has 0 unspecified atom stereocenters. The normalized spacial score (nSPS) is 10.4. The molecule has 0 spiro atoms. The Morgan fingerprint density at radius 2 is 1.48 bits per heavy atom. The Hall–Kier alpha value is -3.90. The Bertz CT molecular complexity index is 1510. The minimum atomic E-state index is -0.0473. The van der Waals surface area contributed by atoms with E-state index >= 15 is 0 Å². The topological polar surface area (TPSA) is 63.1 Å². The molecule has 0 saturated heterocycles. The van der Waals surface area contributed by atoms with Crippen LogP contribution in [0, 0.1) is 13.8 Å². The van der Waals surface area contributed by atoms with E-state index in [1.807, 2.05) is 88.4 Å². The summed E-state index contributed by atoms with van der Waals surface area (Å²) in [6, 6.07) is 24.9. The predicted octanol–water partition coefficient (Wildman–Crippen LogP) is 10.9. The molecule has 8 heteroatoms. The van der Waals surface area contributed by atoms with Crippen molar-refractivity contribution in [2.45, 2.75) is 40.8 Å². The van der Waals surface area contributed by atoms with Crippen LogP contribution in [0.3, 0.4) is 0 Å². The third kappa shape index (κ3) is 12.0. The van der Waals surface area contributed by atoms with Gasteiger partial charge in [0.25, 0.3) is 0 Å². The largest absolute Gasteiger partial charge is 0.505 e. The van der Waals surface area contributed by atoms with E-state index in [4.69, 9.17) is 49.4 Å². The van der Waals surface area contributed by atoms with Crippen molar-refractivity contribution in [2.24, 2.45) is 4.99 Å². The summed E-state index contributed by atoms with van der Waals surface area (Å²) in [4.78, 5) is 4.12. The van der Waals surface area contributed by atoms with Gasteiger partial charge in [-0.3, -0.25) is 4.99 Å². The molecule has 44 heavy (non-hydrogen) atoms. The number of hydrogen-bond donors (Lipinski definition) is 2. The monoisotopic (exact) mass is 652 g/mol. The molecule has 232 valence electrons. The summed E-state index contributed by atoms with van der Waals surface area (Å²) in [5, 5.41) is 13.5. The highest BCUT2D eigenvalue weighted by atomic mass is 35.5. The van der Waals surface area contributed by atoms with Gasteiger partial charge in [-0.2, -0.15) is 0 Å². The SMILES string of the molecule is C=C(NCc1ccc(Oc2cc(C)c(OCc3ccccc3)c(Cl)c2)cc1)C(C)=NC.C=CC.Cc1cc(Cl)c(O)c(Cl)c1. The number of phenols is 1. The minimum absolute atomic E-state index is 0.0473. The molecule has 2 N–H and O–H groups in total. The first kappa shape index (κ1) is 36.3. The van der Waals surface area contributed by atoms with Gasteiger partial charge in [0.1, 0.15) is 23.9 Å². The van der Waals surface area contributed by atoms with E-state index in [1.54, 1.807) is 31.3 Å². The van der Waals surface area contributed by atoms with E-state index in [-0.39, 0.29) is 5.75 Å². The molecule has 0 amide bonds. The second-order valence-corrected chi connectivity index (χ2v) is 10.9. The smallest absolute Gasteiger partial charge is 0.152 e. The van der Waals surface area contributed by atoms with Gasteiger partial charge in [-0.05, 0) is 80.3 Å². The molecule has 0 radical (unpaired) electrons. The molecular weight excluding hydrogens is 615 g/mol. The van der Waals surface area contributed by atoms with Gasteiger partial charge in [0.05, 0.1) is 20.8 Å². The predicted molar refractivity (Wildman–Crippen MR) is 187 cm³/mol. The number of hydrogen-bond acceptors (Lipinski definition) is 5. The van der Waals surface area contributed by atoms with Crippen LogP contribution in [0.4, 0.5) is 0 Å². The molecular formula is C36H39Cl3N2O3. The maximum absolute atomic E-state index is 9.07. The number of rotatable bonds is 9. The van der Waals surface area contributed by atoms with Crippen molar-refractivity contribution in [3.8, 4) is 23.0 Å². The summed E-state index contributed by atoms with van der Waals surface area (Å²) in [6.45, 7) is 16.1. The Morgan fingerprint density at radius 1 is 0.886 bits per heavy atom. The third-order valence-electron chi connectivity index (χ3n) is 6.03. The summed E-state index contributed by atoms with van der Waals surface area (Å²) >= 11 is 17.6. The summed E-state index contributed by atoms with van der Waals surface area (Å²) < 4.78 is 11.9. The number of aromatic hydroxyl groups is 1. The van der Waals surface area contributed by atoms with Gasteiger partial charge in [-0.15, -0.1) is 6.58 Å². The van der Waals surface area contributed by atoms with Crippen molar-refractivity contribution in [1.82, 2.24) is 5.32 Å². The van der Waals surface area contributed by atoms with E-state index in [0.29, 0.717) is 39.7 Å². The first-order valence-electron chi connectivity index (χ1n) is 13.8. The zero-order valence-corrected chi connectivity index (χ0v) is 28.0. The first-order chi connectivity index (χ1) is 21.0. The molecule has 0 bridgehead atoms. The van der Waals surface area contributed by atoms with Gasteiger partial charge in [0, 0.05) is 25.4 Å². The lowest BCUT2D eigenvalue weighted by molar-refractivity contribution is 0.304. The molecule has 0 saturated carbocycles. The highest BCUT2D eigenvalue weighted by Crippen LogP contribution is 2.35. The molecule has 0 aliphatic rings. The maximum atomic E-state index is 9.07. The van der Waals surface area contributed by atoms with Crippen molar-refractivity contribution in [1.29, 1.82) is 0 Å². The fraction of sp³-hybridized carbons (Fsp3) is 0.194. The van der Waals surface area contributed by atoms with Crippen LogP contribution < -0.4 is 14.8 Å². The van der Waals surface area contributed by atoms with E-state index in [2.05, 4.69) is 23.5 Å². The number of phenolic OH excluding ortho intramolecular Hbond substituents is 1. The molecule has 4 aromatic rings. The molecule has 0 aliphatic heterocycles. The number of aliphatic imine (C=N–C) groups is 1. The van der Waals surface area contributed by atoms with Crippen LogP contribution >= 0.6 is 34.8 Å². The summed E-state index contributed by atoms with van der Waals surface area (Å²) in [7, 11) is 1.75. The van der Waals surface area contributed by atoms with Gasteiger partial charge in [0.2, 0.25) is 0 Å². The fourth-order valence-electron chi connectivity index (χ4n) is 3.65. The number of halogens is 3. The second-order valence-electron chi connectivity index (χ2n) is 9.70. The van der Waals surface area contributed by atoms with Crippen LogP contribution in [-0.2, 0) is 13.2 Å². The average molecular weight is 654 g/mol. The Labute approximate surface area is 276 Å². The minimum Gasteiger partial charge on any atom is -0.505 e. The number of nitrogens with zero attached hydrogens (tertiary/aromatic N) is 1. The van der Waals surface area contributed by atoms with Crippen LogP contribution in [0.5, 0.6) is 23.0 Å². The molecule has 0 aromatic heterocycles. The summed E-state index contributed by atoms with van der Waals surface area (Å²) in [5.74, 6) is 2.03. The highest BCUT2D eigenvalue weighted by molar-refractivity contribution is 6.37. The highest BCUT2D eigenvalue weighted by Gasteiger charge is 2.10. The molecule has 4 rings (SSSR count). The van der Waals surface area contributed by atoms with Crippen LogP contribution in [0.15, 0.2) is 109 Å². The summed E-state index contributed by atoms with van der Waals surface area (Å²) in [6.07, 6.45) is 1.75. The van der Waals surface area contributed by atoms with Gasteiger partial charge in [0.15, 0.2) is 5.75 Å². The lowest BCUT2D eigenvalue weighted by Gasteiger charge is -2.14. The molecule has 0 atom stereocenters. The molecule has 4 aromatic carbocycles. The van der Waals surface area contributed by atoms with Crippen molar-refractivity contribution < 1.29 is 14.6 Å². The third-order valence-corrected chi connectivity index (χ3v) is 6.88. The number of ether oxygens (including phenoxy) is 2. The van der Waals surface area contributed by atoms with Gasteiger partial charge < -0.3 is 19.9 Å². The molecule has 0 fully saturated rings. The van der Waals surface area contributed by atoms with E-state index in [1.165, 1.54) is 0 Å². The van der Waals surface area contributed by atoms with Crippen LogP contribution in [0.1, 0.15) is 36.1 Å². The van der Waals surface area contributed by atoms with Crippen molar-refractivity contribution in [2.75, 3.05) is 7.05 Å².